The van der Waals surface area contributed by atoms with Gasteiger partial charge in [0, 0.05) is 27.9 Å². The molecule has 0 unspecified atom stereocenters. The number of hydrogen-bond acceptors (Lipinski definition) is 4. The van der Waals surface area contributed by atoms with Crippen molar-refractivity contribution in [2.45, 2.75) is 30.0 Å². The number of nitrogens with one attached hydrogen (secondary N) is 2. The summed E-state index contributed by atoms with van der Waals surface area (Å²) in [6, 6.07) is 2.85. The molecule has 120 valence electrons. The summed E-state index contributed by atoms with van der Waals surface area (Å²) in [6.45, 7) is 4.32. The Labute approximate surface area is 138 Å². The van der Waals surface area contributed by atoms with Crippen LogP contribution in [0.2, 0.25) is 0 Å². The van der Waals surface area contributed by atoms with Crippen molar-refractivity contribution < 1.29 is 12.8 Å². The van der Waals surface area contributed by atoms with Crippen molar-refractivity contribution in [1.29, 1.82) is 0 Å². The molecular weight excluding hydrogens is 379 g/mol. The highest BCUT2D eigenvalue weighted by molar-refractivity contribution is 9.10. The summed E-state index contributed by atoms with van der Waals surface area (Å²) in [5.41, 5.74) is 0.302. The van der Waals surface area contributed by atoms with E-state index in [1.54, 1.807) is 24.9 Å². The van der Waals surface area contributed by atoms with Gasteiger partial charge in [-0.15, -0.1) is 0 Å². The van der Waals surface area contributed by atoms with Gasteiger partial charge in [0.25, 0.3) is 0 Å². The molecule has 0 aliphatic carbocycles. The van der Waals surface area contributed by atoms with Crippen molar-refractivity contribution in [3.05, 3.63) is 28.0 Å². The molecule has 0 saturated carbocycles. The lowest BCUT2D eigenvalue weighted by Gasteiger charge is -2.22. The van der Waals surface area contributed by atoms with Crippen LogP contribution >= 0.6 is 27.7 Å². The first-order valence-corrected chi connectivity index (χ1v) is 9.80. The quantitative estimate of drug-likeness (QED) is 0.741. The zero-order valence-corrected chi connectivity index (χ0v) is 15.7. The molecule has 0 spiro atoms. The Balaban J connectivity index is 3.14. The maximum absolute atomic E-state index is 14.4. The lowest BCUT2D eigenvalue weighted by Crippen LogP contribution is -2.36. The molecule has 0 heterocycles. The van der Waals surface area contributed by atoms with Crippen molar-refractivity contribution >= 4 is 37.7 Å². The highest BCUT2D eigenvalue weighted by Gasteiger charge is 2.25. The van der Waals surface area contributed by atoms with Gasteiger partial charge in [-0.1, -0.05) is 15.9 Å². The van der Waals surface area contributed by atoms with Gasteiger partial charge in [-0.05, 0) is 39.3 Å². The van der Waals surface area contributed by atoms with Crippen LogP contribution in [0.25, 0.3) is 0 Å². The number of sulfonamides is 1. The van der Waals surface area contributed by atoms with Crippen LogP contribution in [-0.4, -0.2) is 33.0 Å². The minimum absolute atomic E-state index is 0.226. The largest absolute Gasteiger partial charge is 0.316 e. The minimum Gasteiger partial charge on any atom is -0.316 e. The van der Waals surface area contributed by atoms with Crippen LogP contribution < -0.4 is 10.0 Å². The number of halogens is 2. The third kappa shape index (κ3) is 5.21. The summed E-state index contributed by atoms with van der Waals surface area (Å²) >= 11 is 4.76. The zero-order chi connectivity index (χ0) is 16.3. The van der Waals surface area contributed by atoms with Crippen LogP contribution in [0.5, 0.6) is 0 Å². The molecule has 21 heavy (non-hydrogen) atoms. The molecular formula is C13H20BrFN2O2S2. The van der Waals surface area contributed by atoms with Crippen molar-refractivity contribution in [3.63, 3.8) is 0 Å². The topological polar surface area (TPSA) is 58.2 Å². The van der Waals surface area contributed by atoms with Gasteiger partial charge >= 0.3 is 0 Å². The van der Waals surface area contributed by atoms with E-state index in [1.165, 1.54) is 6.07 Å². The van der Waals surface area contributed by atoms with E-state index in [0.717, 1.165) is 0 Å². The average molecular weight is 399 g/mol. The molecule has 0 amide bonds. The molecule has 0 bridgehead atoms. The molecule has 4 nitrogen and oxygen atoms in total. The van der Waals surface area contributed by atoms with E-state index in [9.17, 15) is 12.8 Å². The molecule has 1 aromatic carbocycles. The van der Waals surface area contributed by atoms with Gasteiger partial charge in [0.15, 0.2) is 0 Å². The molecule has 0 saturated heterocycles. The van der Waals surface area contributed by atoms with Crippen LogP contribution in [0.4, 0.5) is 4.39 Å². The third-order valence-electron chi connectivity index (χ3n) is 2.98. The number of hydrogen-bond donors (Lipinski definition) is 2. The normalized spacial score (nSPS) is 12.7. The van der Waals surface area contributed by atoms with Crippen molar-refractivity contribution in [1.82, 2.24) is 10.0 Å². The summed E-state index contributed by atoms with van der Waals surface area (Å²) in [6.07, 6.45) is 1.90. The molecule has 0 radical (unpaired) electrons. The van der Waals surface area contributed by atoms with Gasteiger partial charge in [0.05, 0.1) is 0 Å². The number of thioether (sulfide) groups is 1. The van der Waals surface area contributed by atoms with Gasteiger partial charge in [-0.25, -0.2) is 17.5 Å². The fraction of sp³-hybridized carbons (Fsp3) is 0.538. The molecule has 0 aliphatic heterocycles. The predicted octanol–water partition coefficient (Wildman–Crippen LogP) is 2.73. The Bertz CT molecular complexity index is 606. The lowest BCUT2D eigenvalue weighted by molar-refractivity contribution is 0.541. The second-order valence-electron chi connectivity index (χ2n) is 5.20. The van der Waals surface area contributed by atoms with Crippen LogP contribution in [0, 0.1) is 5.82 Å². The van der Waals surface area contributed by atoms with E-state index in [0.29, 0.717) is 10.0 Å². The van der Waals surface area contributed by atoms with Crippen LogP contribution in [0.1, 0.15) is 19.4 Å². The Morgan fingerprint density at radius 2 is 2.00 bits per heavy atom. The minimum atomic E-state index is -3.89. The maximum atomic E-state index is 14.4. The predicted molar refractivity (Wildman–Crippen MR) is 89.6 cm³/mol. The molecule has 2 N–H and O–H groups in total. The molecule has 1 rings (SSSR count). The fourth-order valence-electron chi connectivity index (χ4n) is 1.55. The fourth-order valence-corrected chi connectivity index (χ4v) is 3.87. The zero-order valence-electron chi connectivity index (χ0n) is 12.5. The highest BCUT2D eigenvalue weighted by Crippen LogP contribution is 2.25. The average Bonchev–Trinajstić information content (AvgIpc) is 2.41. The molecule has 0 atom stereocenters. The van der Waals surface area contributed by atoms with Gasteiger partial charge in [-0.2, -0.15) is 11.8 Å². The summed E-state index contributed by atoms with van der Waals surface area (Å²) < 4.78 is 41.7. The van der Waals surface area contributed by atoms with Crippen LogP contribution in [-0.2, 0) is 16.6 Å². The Hall–Kier alpha value is -0.150. The summed E-state index contributed by atoms with van der Waals surface area (Å²) in [4.78, 5) is -0.334. The molecule has 1 aromatic rings. The highest BCUT2D eigenvalue weighted by atomic mass is 79.9. The summed E-state index contributed by atoms with van der Waals surface area (Å²) in [5, 5.41) is 2.82. The first-order chi connectivity index (χ1) is 9.63. The second kappa shape index (κ2) is 7.41. The van der Waals surface area contributed by atoms with E-state index in [4.69, 9.17) is 0 Å². The van der Waals surface area contributed by atoms with Crippen molar-refractivity contribution in [3.8, 4) is 0 Å². The third-order valence-corrected chi connectivity index (χ3v) is 6.08. The van der Waals surface area contributed by atoms with E-state index < -0.39 is 15.8 Å². The Morgan fingerprint density at radius 1 is 1.38 bits per heavy atom. The summed E-state index contributed by atoms with van der Waals surface area (Å²) in [7, 11) is -2.22. The van der Waals surface area contributed by atoms with Gasteiger partial charge in [-0.3, -0.25) is 0 Å². The van der Waals surface area contributed by atoms with Crippen molar-refractivity contribution in [2.24, 2.45) is 0 Å². The molecule has 0 aromatic heterocycles. The van der Waals surface area contributed by atoms with Gasteiger partial charge < -0.3 is 5.32 Å². The Morgan fingerprint density at radius 3 is 2.52 bits per heavy atom. The lowest BCUT2D eigenvalue weighted by atomic mass is 10.2. The van der Waals surface area contributed by atoms with Gasteiger partial charge in [0.1, 0.15) is 10.7 Å². The monoisotopic (exact) mass is 398 g/mol. The number of rotatable bonds is 7. The van der Waals surface area contributed by atoms with Crippen LogP contribution in [0.15, 0.2) is 21.5 Å². The summed E-state index contributed by atoms with van der Waals surface area (Å²) in [5.74, 6) is -0.720. The Kier molecular flexibility index (Phi) is 6.67. The van der Waals surface area contributed by atoms with E-state index >= 15 is 0 Å². The van der Waals surface area contributed by atoms with Gasteiger partial charge in [0.2, 0.25) is 10.0 Å². The van der Waals surface area contributed by atoms with E-state index in [-0.39, 0.29) is 22.7 Å². The molecule has 0 aliphatic rings. The first kappa shape index (κ1) is 18.9. The van der Waals surface area contributed by atoms with Crippen LogP contribution in [0.3, 0.4) is 0 Å². The smallest absolute Gasteiger partial charge is 0.243 e. The second-order valence-corrected chi connectivity index (χ2v) is 9.36. The molecule has 0 fully saturated rings. The number of benzene rings is 1. The van der Waals surface area contributed by atoms with E-state index in [2.05, 4.69) is 26.0 Å². The maximum Gasteiger partial charge on any atom is 0.243 e. The molecule has 8 heteroatoms. The SMILES string of the molecule is CNCc1cc(Br)cc(S(=O)(=O)NCC(C)(C)SC)c1F. The standard InChI is InChI=1S/C13H20BrFN2O2S2/c1-13(2,20-4)8-17-21(18,19)11-6-10(14)5-9(7-16-3)12(11)15/h5-6,16-17H,7-8H2,1-4H3. The van der Waals surface area contributed by atoms with E-state index in [1.807, 2.05) is 20.1 Å². The van der Waals surface area contributed by atoms with Crippen molar-refractivity contribution in [2.75, 3.05) is 19.8 Å². The first-order valence-electron chi connectivity index (χ1n) is 6.30.